The zero-order valence-electron chi connectivity index (χ0n) is 10.9. The Kier molecular flexibility index (Phi) is 5.09. The average molecular weight is 339 g/mol. The van der Waals surface area contributed by atoms with E-state index in [1.54, 1.807) is 11.4 Å². The maximum absolute atomic E-state index is 13.5. The second kappa shape index (κ2) is 7.02. The van der Waals surface area contributed by atoms with Gasteiger partial charge < -0.3 is 10.1 Å². The van der Waals surface area contributed by atoms with Crippen molar-refractivity contribution in [1.82, 2.24) is 0 Å². The van der Waals surface area contributed by atoms with Crippen molar-refractivity contribution in [3.05, 3.63) is 51.6 Å². The van der Waals surface area contributed by atoms with Gasteiger partial charge in [-0.25, -0.2) is 9.18 Å². The molecule has 112 valence electrons. The van der Waals surface area contributed by atoms with Gasteiger partial charge in [-0.2, -0.15) is 5.26 Å². The van der Waals surface area contributed by atoms with Gasteiger partial charge in [0.25, 0.3) is 5.91 Å². The van der Waals surface area contributed by atoms with Crippen LogP contribution in [0, 0.1) is 17.1 Å². The molecule has 0 fully saturated rings. The monoisotopic (exact) mass is 338 g/mol. The van der Waals surface area contributed by atoms with Crippen LogP contribution in [0.15, 0.2) is 29.6 Å². The summed E-state index contributed by atoms with van der Waals surface area (Å²) in [6.07, 6.45) is 0. The van der Waals surface area contributed by atoms with E-state index in [4.69, 9.17) is 21.6 Å². The summed E-state index contributed by atoms with van der Waals surface area (Å²) < 4.78 is 18.2. The van der Waals surface area contributed by atoms with Gasteiger partial charge >= 0.3 is 5.97 Å². The molecule has 0 bridgehead atoms. The van der Waals surface area contributed by atoms with Gasteiger partial charge in [0.2, 0.25) is 0 Å². The lowest BCUT2D eigenvalue weighted by molar-refractivity contribution is -0.119. The maximum Gasteiger partial charge on any atom is 0.343 e. The lowest BCUT2D eigenvalue weighted by Gasteiger charge is -2.07. The number of anilines is 1. The van der Waals surface area contributed by atoms with Crippen LogP contribution >= 0.6 is 22.9 Å². The first-order valence-corrected chi connectivity index (χ1v) is 7.17. The van der Waals surface area contributed by atoms with E-state index in [1.165, 1.54) is 12.1 Å². The number of halogens is 2. The molecule has 0 aliphatic heterocycles. The predicted octanol–water partition coefficient (Wildman–Crippen LogP) is 3.21. The molecule has 0 saturated heterocycles. The molecule has 8 heteroatoms. The van der Waals surface area contributed by atoms with E-state index in [2.05, 4.69) is 5.32 Å². The number of esters is 1. The summed E-state index contributed by atoms with van der Waals surface area (Å²) in [4.78, 5) is 23.4. The normalized spacial score (nSPS) is 9.86. The smallest absolute Gasteiger partial charge is 0.343 e. The highest BCUT2D eigenvalue weighted by molar-refractivity contribution is 7.14. The van der Waals surface area contributed by atoms with Gasteiger partial charge in [-0.3, -0.25) is 4.79 Å². The SMILES string of the molecule is N#Cc1ccsc1NC(=O)COC(=O)c1c(F)cccc1Cl. The van der Waals surface area contributed by atoms with Crippen LogP contribution in [0.1, 0.15) is 15.9 Å². The molecule has 2 aromatic rings. The van der Waals surface area contributed by atoms with Crippen molar-refractivity contribution in [2.24, 2.45) is 0 Å². The molecule has 0 aliphatic carbocycles. The van der Waals surface area contributed by atoms with E-state index >= 15 is 0 Å². The van der Waals surface area contributed by atoms with E-state index in [9.17, 15) is 14.0 Å². The number of amides is 1. The Bertz CT molecular complexity index is 749. The lowest BCUT2D eigenvalue weighted by Crippen LogP contribution is -2.21. The highest BCUT2D eigenvalue weighted by atomic mass is 35.5. The Morgan fingerprint density at radius 1 is 1.41 bits per heavy atom. The largest absolute Gasteiger partial charge is 0.452 e. The fourth-order valence-electron chi connectivity index (χ4n) is 1.55. The number of ether oxygens (including phenoxy) is 1. The number of hydrogen-bond donors (Lipinski definition) is 1. The second-order valence-corrected chi connectivity index (χ2v) is 5.32. The molecule has 0 spiro atoms. The van der Waals surface area contributed by atoms with E-state index in [-0.39, 0.29) is 5.02 Å². The molecule has 1 aromatic heterocycles. The number of carbonyl (C=O) groups excluding carboxylic acids is 2. The van der Waals surface area contributed by atoms with E-state index < -0.39 is 29.9 Å². The van der Waals surface area contributed by atoms with Gasteiger partial charge in [-0.15, -0.1) is 11.3 Å². The number of nitriles is 1. The van der Waals surface area contributed by atoms with Gasteiger partial charge in [-0.05, 0) is 23.6 Å². The van der Waals surface area contributed by atoms with Gasteiger partial charge in [-0.1, -0.05) is 17.7 Å². The van der Waals surface area contributed by atoms with Gasteiger partial charge in [0.05, 0.1) is 10.6 Å². The molecule has 1 N–H and O–H groups in total. The lowest BCUT2D eigenvalue weighted by atomic mass is 10.2. The zero-order chi connectivity index (χ0) is 16.1. The summed E-state index contributed by atoms with van der Waals surface area (Å²) in [5, 5.41) is 13.1. The standard InChI is InChI=1S/C14H8ClFN2O3S/c15-9-2-1-3-10(16)12(9)14(20)21-7-11(19)18-13-8(6-17)4-5-22-13/h1-5H,7H2,(H,18,19). The minimum absolute atomic E-state index is 0.101. The molecule has 22 heavy (non-hydrogen) atoms. The summed E-state index contributed by atoms with van der Waals surface area (Å²) >= 11 is 6.88. The summed E-state index contributed by atoms with van der Waals surface area (Å²) in [6.45, 7) is -0.619. The van der Waals surface area contributed by atoms with E-state index in [0.29, 0.717) is 10.6 Å². The summed E-state index contributed by atoms with van der Waals surface area (Å²) in [5.74, 6) is -2.51. The average Bonchev–Trinajstić information content (AvgIpc) is 2.92. The zero-order valence-corrected chi connectivity index (χ0v) is 12.5. The summed E-state index contributed by atoms with van der Waals surface area (Å²) in [7, 11) is 0. The quantitative estimate of drug-likeness (QED) is 0.868. The molecule has 5 nitrogen and oxygen atoms in total. The number of benzene rings is 1. The number of hydrogen-bond acceptors (Lipinski definition) is 5. The maximum atomic E-state index is 13.5. The van der Waals surface area contributed by atoms with Gasteiger partial charge in [0, 0.05) is 0 Å². The van der Waals surface area contributed by atoms with Crippen molar-refractivity contribution in [2.45, 2.75) is 0 Å². The first-order chi connectivity index (χ1) is 10.5. The van der Waals surface area contributed by atoms with Crippen LogP contribution in [-0.2, 0) is 9.53 Å². The predicted molar refractivity (Wildman–Crippen MR) is 79.4 cm³/mol. The van der Waals surface area contributed by atoms with Crippen molar-refractivity contribution >= 4 is 39.8 Å². The molecule has 0 atom stereocenters. The fourth-order valence-corrected chi connectivity index (χ4v) is 2.55. The summed E-state index contributed by atoms with van der Waals surface area (Å²) in [6, 6.07) is 7.21. The van der Waals surface area contributed by atoms with Gasteiger partial charge in [0.1, 0.15) is 22.5 Å². The topological polar surface area (TPSA) is 79.2 Å². The van der Waals surface area contributed by atoms with Crippen LogP contribution in [0.5, 0.6) is 0 Å². The molecule has 1 amide bonds. The number of rotatable bonds is 4. The van der Waals surface area contributed by atoms with Crippen LogP contribution in [0.25, 0.3) is 0 Å². The van der Waals surface area contributed by atoms with Crippen molar-refractivity contribution in [3.63, 3.8) is 0 Å². The number of nitrogens with one attached hydrogen (secondary N) is 1. The third-order valence-electron chi connectivity index (χ3n) is 2.54. The highest BCUT2D eigenvalue weighted by Gasteiger charge is 2.18. The minimum Gasteiger partial charge on any atom is -0.452 e. The van der Waals surface area contributed by atoms with Crippen molar-refractivity contribution in [3.8, 4) is 6.07 Å². The van der Waals surface area contributed by atoms with Crippen LogP contribution in [0.3, 0.4) is 0 Å². The minimum atomic E-state index is -1.04. The third-order valence-corrected chi connectivity index (χ3v) is 3.68. The van der Waals surface area contributed by atoms with Gasteiger partial charge in [0.15, 0.2) is 6.61 Å². The van der Waals surface area contributed by atoms with Crippen molar-refractivity contribution in [1.29, 1.82) is 5.26 Å². The highest BCUT2D eigenvalue weighted by Crippen LogP contribution is 2.22. The molecule has 0 aliphatic rings. The molecule has 1 aromatic carbocycles. The fraction of sp³-hybridized carbons (Fsp3) is 0.0714. The Morgan fingerprint density at radius 2 is 2.18 bits per heavy atom. The van der Waals surface area contributed by atoms with E-state index in [1.807, 2.05) is 6.07 Å². The Labute approximate surface area is 133 Å². The Balaban J connectivity index is 1.97. The first-order valence-electron chi connectivity index (χ1n) is 5.91. The van der Waals surface area contributed by atoms with E-state index in [0.717, 1.165) is 17.4 Å². The van der Waals surface area contributed by atoms with Crippen LogP contribution in [0.2, 0.25) is 5.02 Å². The van der Waals surface area contributed by atoms with Crippen molar-refractivity contribution in [2.75, 3.05) is 11.9 Å². The number of thiophene rings is 1. The molecule has 0 radical (unpaired) electrons. The molecule has 0 saturated carbocycles. The van der Waals surface area contributed by atoms with Crippen LogP contribution in [0.4, 0.5) is 9.39 Å². The second-order valence-electron chi connectivity index (χ2n) is 4.00. The first kappa shape index (κ1) is 15.9. The molecular formula is C14H8ClFN2O3S. The number of carbonyl (C=O) groups is 2. The summed E-state index contributed by atoms with van der Waals surface area (Å²) in [5.41, 5.74) is -0.118. The number of nitrogens with zero attached hydrogens (tertiary/aromatic N) is 1. The molecule has 0 unspecified atom stereocenters. The molecule has 2 rings (SSSR count). The van der Waals surface area contributed by atoms with Crippen molar-refractivity contribution < 1.29 is 18.7 Å². The third kappa shape index (κ3) is 3.61. The molecule has 1 heterocycles. The Morgan fingerprint density at radius 3 is 2.86 bits per heavy atom. The Hall–Kier alpha value is -2.43. The van der Waals surface area contributed by atoms with Crippen LogP contribution in [-0.4, -0.2) is 18.5 Å². The van der Waals surface area contributed by atoms with Crippen LogP contribution < -0.4 is 5.32 Å². The molecular weight excluding hydrogens is 331 g/mol.